The highest BCUT2D eigenvalue weighted by molar-refractivity contribution is 7.93. The maximum Gasteiger partial charge on any atom is 0.410 e. The lowest BCUT2D eigenvalue weighted by Crippen LogP contribution is -2.42. The van der Waals surface area contributed by atoms with Gasteiger partial charge >= 0.3 is 6.09 Å². The average molecular weight is 650 g/mol. The van der Waals surface area contributed by atoms with E-state index in [2.05, 4.69) is 30.0 Å². The van der Waals surface area contributed by atoms with Crippen LogP contribution in [0.1, 0.15) is 59.1 Å². The van der Waals surface area contributed by atoms with Gasteiger partial charge in [-0.2, -0.15) is 0 Å². The van der Waals surface area contributed by atoms with E-state index in [1.165, 1.54) is 6.33 Å². The third kappa shape index (κ3) is 6.76. The van der Waals surface area contributed by atoms with Crippen molar-refractivity contribution in [1.82, 2.24) is 24.8 Å². The van der Waals surface area contributed by atoms with Gasteiger partial charge in [0.25, 0.3) is 0 Å². The fourth-order valence-corrected chi connectivity index (χ4v) is 7.65. The molecule has 3 aliphatic rings. The highest BCUT2D eigenvalue weighted by Crippen LogP contribution is 2.51. The van der Waals surface area contributed by atoms with Crippen LogP contribution in [0.3, 0.4) is 0 Å². The number of likely N-dealkylation sites (tertiary alicyclic amines) is 1. The van der Waals surface area contributed by atoms with Gasteiger partial charge in [0, 0.05) is 30.4 Å². The van der Waals surface area contributed by atoms with Crippen LogP contribution in [0.5, 0.6) is 5.88 Å². The zero-order valence-corrected chi connectivity index (χ0v) is 27.2. The zero-order valence-electron chi connectivity index (χ0n) is 26.4. The second-order valence-electron chi connectivity index (χ2n) is 13.2. The van der Waals surface area contributed by atoms with Gasteiger partial charge in [-0.15, -0.1) is 0 Å². The largest absolute Gasteiger partial charge is 0.477 e. The molecule has 1 aliphatic heterocycles. The van der Waals surface area contributed by atoms with E-state index in [1.54, 1.807) is 35.5 Å². The van der Waals surface area contributed by atoms with E-state index in [0.29, 0.717) is 68.3 Å². The van der Waals surface area contributed by atoms with Crippen LogP contribution in [0.4, 0.5) is 16.3 Å². The topological polar surface area (TPSA) is 166 Å². The first-order chi connectivity index (χ1) is 21.8. The van der Waals surface area contributed by atoms with E-state index < -0.39 is 26.3 Å². The fraction of sp³-hybridized carbons (Fsp3) is 0.500. The molecule has 13 nitrogen and oxygen atoms in total. The molecule has 2 amide bonds. The maximum atomic E-state index is 14.3. The molecule has 0 radical (unpaired) electrons. The smallest absolute Gasteiger partial charge is 0.410 e. The predicted molar refractivity (Wildman–Crippen MR) is 171 cm³/mol. The quantitative estimate of drug-likeness (QED) is 0.340. The Balaban J connectivity index is 1.25. The fourth-order valence-electron chi connectivity index (χ4n) is 6.33. The van der Waals surface area contributed by atoms with Crippen LogP contribution in [0, 0.1) is 11.8 Å². The SMILES string of the molecule is CCOc1cncc(-c2ccc(NC(=O)C3(c4cc(NS(=O)(=O)C5CC5)ncn4)CC4CN(C(=O)OC(C)(C)C)CC4C3)cc2)n1. The van der Waals surface area contributed by atoms with E-state index >= 15 is 0 Å². The molecule has 3 fully saturated rings. The Bertz CT molecular complexity index is 1710. The van der Waals surface area contributed by atoms with Gasteiger partial charge in [-0.25, -0.2) is 28.2 Å². The molecule has 0 bridgehead atoms. The maximum absolute atomic E-state index is 14.3. The number of aromatic nitrogens is 4. The summed E-state index contributed by atoms with van der Waals surface area (Å²) < 4.78 is 39.0. The van der Waals surface area contributed by atoms with Crippen LogP contribution in [0.15, 0.2) is 49.1 Å². The molecular weight excluding hydrogens is 610 g/mol. The van der Waals surface area contributed by atoms with E-state index in [4.69, 9.17) is 9.47 Å². The van der Waals surface area contributed by atoms with Crippen molar-refractivity contribution in [3.05, 3.63) is 54.7 Å². The molecule has 244 valence electrons. The number of rotatable bonds is 9. The first-order valence-corrected chi connectivity index (χ1v) is 17.1. The van der Waals surface area contributed by atoms with Crippen LogP contribution in [0.2, 0.25) is 0 Å². The Morgan fingerprint density at radius 2 is 1.74 bits per heavy atom. The molecule has 6 rings (SSSR count). The number of fused-ring (bicyclic) bond motifs is 1. The van der Waals surface area contributed by atoms with Crippen LogP contribution in [0.25, 0.3) is 11.3 Å². The Morgan fingerprint density at radius 1 is 1.04 bits per heavy atom. The third-order valence-electron chi connectivity index (χ3n) is 8.59. The van der Waals surface area contributed by atoms with Crippen molar-refractivity contribution >= 4 is 33.5 Å². The number of carbonyl (C=O) groups excluding carboxylic acids is 2. The molecule has 0 spiro atoms. The minimum absolute atomic E-state index is 0.0263. The number of carbonyl (C=O) groups is 2. The van der Waals surface area contributed by atoms with Gasteiger partial charge in [-0.3, -0.25) is 14.5 Å². The Kier molecular flexibility index (Phi) is 8.34. The van der Waals surface area contributed by atoms with Crippen LogP contribution in [-0.2, 0) is 25.0 Å². The first kappa shape index (κ1) is 31.6. The van der Waals surface area contributed by atoms with Crippen molar-refractivity contribution in [2.45, 2.75) is 69.6 Å². The normalized spacial score (nSPS) is 22.7. The lowest BCUT2D eigenvalue weighted by Gasteiger charge is -2.30. The molecule has 2 aromatic heterocycles. The summed E-state index contributed by atoms with van der Waals surface area (Å²) in [7, 11) is -3.57. The number of nitrogens with one attached hydrogen (secondary N) is 2. The number of nitrogens with zero attached hydrogens (tertiary/aromatic N) is 5. The summed E-state index contributed by atoms with van der Waals surface area (Å²) in [5, 5.41) is 2.65. The van der Waals surface area contributed by atoms with E-state index in [0.717, 1.165) is 5.56 Å². The number of benzene rings is 1. The summed E-state index contributed by atoms with van der Waals surface area (Å²) in [5.74, 6) is 0.361. The van der Waals surface area contributed by atoms with Crippen LogP contribution < -0.4 is 14.8 Å². The zero-order chi connectivity index (χ0) is 32.7. The monoisotopic (exact) mass is 649 g/mol. The van der Waals surface area contributed by atoms with Crippen molar-refractivity contribution < 1.29 is 27.5 Å². The van der Waals surface area contributed by atoms with Crippen molar-refractivity contribution in [3.8, 4) is 17.1 Å². The van der Waals surface area contributed by atoms with E-state index in [9.17, 15) is 18.0 Å². The highest BCUT2D eigenvalue weighted by atomic mass is 32.2. The molecule has 3 heterocycles. The third-order valence-corrected chi connectivity index (χ3v) is 10.4. The Labute approximate surface area is 268 Å². The standard InChI is InChI=1S/C32H39N7O6S/c1-5-44-28-16-33-15-25(37-28)20-6-8-23(9-7-20)36-29(40)32(26-12-27(35-19-34-26)38-46(42,43)24-10-11-24)13-21-17-39(18-22(21)14-32)30(41)45-31(2,3)4/h6-9,12,15-16,19,21-22,24H,5,10-11,13-14,17-18H2,1-4H3,(H,36,40)(H,34,35,38). The summed E-state index contributed by atoms with van der Waals surface area (Å²) in [6, 6.07) is 8.86. The molecule has 1 aromatic carbocycles. The molecule has 1 saturated heterocycles. The summed E-state index contributed by atoms with van der Waals surface area (Å²) in [5.41, 5.74) is 0.777. The number of hydrogen-bond acceptors (Lipinski definition) is 10. The molecule has 2 atom stereocenters. The van der Waals surface area contributed by atoms with Crippen molar-refractivity contribution in [2.24, 2.45) is 11.8 Å². The summed E-state index contributed by atoms with van der Waals surface area (Å²) in [6.45, 7) is 8.76. The predicted octanol–water partition coefficient (Wildman–Crippen LogP) is 4.39. The van der Waals surface area contributed by atoms with Crippen LogP contribution in [-0.4, -0.2) is 75.8 Å². The molecule has 2 aliphatic carbocycles. The molecular formula is C32H39N7O6S. The van der Waals surface area contributed by atoms with Crippen molar-refractivity contribution in [1.29, 1.82) is 0 Å². The highest BCUT2D eigenvalue weighted by Gasteiger charge is 2.56. The average Bonchev–Trinajstić information content (AvgIpc) is 3.70. The number of hydrogen-bond donors (Lipinski definition) is 2. The van der Waals surface area contributed by atoms with Crippen molar-refractivity contribution in [3.63, 3.8) is 0 Å². The molecule has 2 N–H and O–H groups in total. The summed E-state index contributed by atoms with van der Waals surface area (Å²) in [6.07, 6.45) is 6.20. The van der Waals surface area contributed by atoms with Gasteiger partial charge in [0.2, 0.25) is 21.8 Å². The Hall–Kier alpha value is -4.33. The van der Waals surface area contributed by atoms with Gasteiger partial charge in [0.15, 0.2) is 0 Å². The molecule has 46 heavy (non-hydrogen) atoms. The summed E-state index contributed by atoms with van der Waals surface area (Å²) >= 11 is 0. The number of anilines is 2. The number of amides is 2. The van der Waals surface area contributed by atoms with Gasteiger partial charge in [-0.1, -0.05) is 12.1 Å². The minimum Gasteiger partial charge on any atom is -0.477 e. The minimum atomic E-state index is -3.57. The molecule has 3 aromatic rings. The summed E-state index contributed by atoms with van der Waals surface area (Å²) in [4.78, 5) is 46.2. The second-order valence-corrected chi connectivity index (χ2v) is 15.2. The molecule has 2 saturated carbocycles. The first-order valence-electron chi connectivity index (χ1n) is 15.5. The second kappa shape index (κ2) is 12.1. The van der Waals surface area contributed by atoms with E-state index in [-0.39, 0.29) is 29.7 Å². The molecule has 2 unspecified atom stereocenters. The number of ether oxygens (including phenoxy) is 2. The van der Waals surface area contributed by atoms with Gasteiger partial charge in [-0.05, 0) is 77.3 Å². The van der Waals surface area contributed by atoms with Gasteiger partial charge < -0.3 is 19.7 Å². The van der Waals surface area contributed by atoms with Gasteiger partial charge in [0.1, 0.15) is 17.7 Å². The lowest BCUT2D eigenvalue weighted by molar-refractivity contribution is -0.121. The van der Waals surface area contributed by atoms with Crippen LogP contribution >= 0.6 is 0 Å². The van der Waals surface area contributed by atoms with Crippen molar-refractivity contribution in [2.75, 3.05) is 29.7 Å². The Morgan fingerprint density at radius 3 is 2.37 bits per heavy atom. The lowest BCUT2D eigenvalue weighted by atomic mass is 9.79. The number of sulfonamides is 1. The molecule has 14 heteroatoms. The van der Waals surface area contributed by atoms with Gasteiger partial charge in [0.05, 0.1) is 41.1 Å². The van der Waals surface area contributed by atoms with E-state index in [1.807, 2.05) is 39.8 Å².